The fraction of sp³-hybridized carbons (Fsp3) is 0.429. The molecule has 1 N–H and O–H groups in total. The Balaban J connectivity index is 2.10. The number of aromatic nitrogens is 6. The van der Waals surface area contributed by atoms with Crippen LogP contribution >= 0.6 is 23.6 Å². The van der Waals surface area contributed by atoms with Crippen LogP contribution in [-0.4, -0.2) is 29.2 Å². The molecule has 0 bridgehead atoms. The number of thiophene rings is 1. The molecule has 22 heavy (non-hydrogen) atoms. The largest absolute Gasteiger partial charge is 0.257 e. The van der Waals surface area contributed by atoms with E-state index in [1.807, 2.05) is 27.2 Å². The van der Waals surface area contributed by atoms with Crippen molar-refractivity contribution in [1.82, 2.24) is 29.2 Å². The van der Waals surface area contributed by atoms with Crippen LogP contribution in [0, 0.1) is 17.6 Å². The molecule has 1 aliphatic carbocycles. The zero-order chi connectivity index (χ0) is 15.0. The number of aryl methyl sites for hydroxylation is 2. The molecule has 1 atom stereocenters. The van der Waals surface area contributed by atoms with Crippen LogP contribution in [0.1, 0.15) is 29.6 Å². The Morgan fingerprint density at radius 3 is 3.14 bits per heavy atom. The Morgan fingerprint density at radius 1 is 1.41 bits per heavy atom. The van der Waals surface area contributed by atoms with Gasteiger partial charge in [-0.1, -0.05) is 6.92 Å². The molecule has 0 radical (unpaired) electrons. The van der Waals surface area contributed by atoms with E-state index in [2.05, 4.69) is 27.2 Å². The molecule has 0 spiro atoms. The lowest BCUT2D eigenvalue weighted by Crippen LogP contribution is -2.09. The molecule has 5 rings (SSSR count). The highest BCUT2D eigenvalue weighted by Crippen LogP contribution is 2.40. The van der Waals surface area contributed by atoms with Crippen LogP contribution in [0.5, 0.6) is 0 Å². The molecule has 6 nitrogen and oxygen atoms in total. The van der Waals surface area contributed by atoms with Gasteiger partial charge in [-0.2, -0.15) is 4.52 Å². The van der Waals surface area contributed by atoms with Crippen molar-refractivity contribution in [3.8, 4) is 0 Å². The summed E-state index contributed by atoms with van der Waals surface area (Å²) in [5.74, 6) is 2.18. The fourth-order valence-electron chi connectivity index (χ4n) is 3.46. The molecular weight excluding hydrogens is 316 g/mol. The molecule has 4 heterocycles. The summed E-state index contributed by atoms with van der Waals surface area (Å²) in [6.45, 7) is 4.23. The van der Waals surface area contributed by atoms with Crippen LogP contribution in [0.4, 0.5) is 0 Å². The average Bonchev–Trinajstić information content (AvgIpc) is 3.13. The number of rotatable bonds is 0. The maximum Gasteiger partial charge on any atom is 0.257 e. The summed E-state index contributed by atoms with van der Waals surface area (Å²) in [6.07, 6.45) is 3.50. The first-order chi connectivity index (χ1) is 10.6. The van der Waals surface area contributed by atoms with Gasteiger partial charge in [0, 0.05) is 4.88 Å². The second-order valence-corrected chi connectivity index (χ2v) is 7.56. The third-order valence-corrected chi connectivity index (χ3v) is 6.02. The van der Waals surface area contributed by atoms with E-state index in [0.29, 0.717) is 16.5 Å². The minimum atomic E-state index is 0.613. The number of nitrogens with one attached hydrogen (secondary N) is 1. The predicted molar refractivity (Wildman–Crippen MR) is 88.2 cm³/mol. The van der Waals surface area contributed by atoms with Gasteiger partial charge in [-0.25, -0.2) is 14.5 Å². The Labute approximate surface area is 134 Å². The molecule has 8 heteroatoms. The first kappa shape index (κ1) is 12.7. The lowest BCUT2D eigenvalue weighted by Gasteiger charge is -2.17. The molecule has 0 aliphatic heterocycles. The lowest BCUT2D eigenvalue weighted by atomic mass is 9.89. The predicted octanol–water partition coefficient (Wildman–Crippen LogP) is 3.08. The van der Waals surface area contributed by atoms with Gasteiger partial charge in [0.05, 0.1) is 5.39 Å². The molecule has 112 valence electrons. The van der Waals surface area contributed by atoms with Gasteiger partial charge in [0.2, 0.25) is 4.77 Å². The van der Waals surface area contributed by atoms with Gasteiger partial charge in [0.1, 0.15) is 10.7 Å². The second kappa shape index (κ2) is 4.14. The normalized spacial score (nSPS) is 18.5. The van der Waals surface area contributed by atoms with Gasteiger partial charge in [-0.15, -0.1) is 21.5 Å². The number of aromatic amines is 1. The molecule has 4 aromatic rings. The molecule has 0 unspecified atom stereocenters. The van der Waals surface area contributed by atoms with E-state index in [0.717, 1.165) is 29.1 Å². The molecule has 0 saturated heterocycles. The first-order valence-electron chi connectivity index (χ1n) is 7.40. The standard InChI is InChI=1S/C14H14N6S2/c1-6-3-4-9-8(5-6)10-11-15-7(2)18-20(11)13-16-17-14(21)19(13)12(10)22-9/h6H,3-5H2,1-2H3,(H,17,21)/t6-/m1/s1. The summed E-state index contributed by atoms with van der Waals surface area (Å²) < 4.78 is 4.43. The van der Waals surface area contributed by atoms with Gasteiger partial charge >= 0.3 is 0 Å². The molecule has 1 aliphatic rings. The van der Waals surface area contributed by atoms with Crippen molar-refractivity contribution in [2.24, 2.45) is 5.92 Å². The van der Waals surface area contributed by atoms with Gasteiger partial charge in [-0.05, 0) is 49.9 Å². The van der Waals surface area contributed by atoms with Gasteiger partial charge < -0.3 is 0 Å². The quantitative estimate of drug-likeness (QED) is 0.503. The van der Waals surface area contributed by atoms with E-state index >= 15 is 0 Å². The second-order valence-electron chi connectivity index (χ2n) is 6.09. The Morgan fingerprint density at radius 2 is 2.27 bits per heavy atom. The first-order valence-corrected chi connectivity index (χ1v) is 8.62. The zero-order valence-corrected chi connectivity index (χ0v) is 13.9. The Kier molecular flexibility index (Phi) is 2.39. The zero-order valence-electron chi connectivity index (χ0n) is 12.3. The van der Waals surface area contributed by atoms with Crippen molar-refractivity contribution in [3.05, 3.63) is 21.0 Å². The highest BCUT2D eigenvalue weighted by atomic mass is 32.1. The molecule has 4 aromatic heterocycles. The van der Waals surface area contributed by atoms with Crippen molar-refractivity contribution < 1.29 is 0 Å². The summed E-state index contributed by atoms with van der Waals surface area (Å²) in [6, 6.07) is 0. The van der Waals surface area contributed by atoms with E-state index in [9.17, 15) is 0 Å². The van der Waals surface area contributed by atoms with E-state index in [4.69, 9.17) is 12.2 Å². The van der Waals surface area contributed by atoms with E-state index in [-0.39, 0.29) is 0 Å². The summed E-state index contributed by atoms with van der Waals surface area (Å²) in [7, 11) is 0. The van der Waals surface area contributed by atoms with Crippen LogP contribution in [0.25, 0.3) is 21.6 Å². The monoisotopic (exact) mass is 330 g/mol. The number of hydrogen-bond acceptors (Lipinski definition) is 5. The topological polar surface area (TPSA) is 63.3 Å². The third kappa shape index (κ3) is 1.49. The summed E-state index contributed by atoms with van der Waals surface area (Å²) in [4.78, 5) is 7.27. The van der Waals surface area contributed by atoms with Crippen molar-refractivity contribution in [2.75, 3.05) is 0 Å². The van der Waals surface area contributed by atoms with Crippen molar-refractivity contribution in [1.29, 1.82) is 0 Å². The average molecular weight is 330 g/mol. The summed E-state index contributed by atoms with van der Waals surface area (Å²) >= 11 is 7.27. The molecule has 0 aromatic carbocycles. The maximum atomic E-state index is 5.44. The van der Waals surface area contributed by atoms with Gasteiger partial charge in [-0.3, -0.25) is 0 Å². The molecule has 0 saturated carbocycles. The van der Waals surface area contributed by atoms with Gasteiger partial charge in [0.15, 0.2) is 5.65 Å². The SMILES string of the molecule is Cc1nc2c3c4c(sc3n3c(=S)[nH]nc3n2n1)CC[C@@H](C)C4. The molecule has 0 amide bonds. The lowest BCUT2D eigenvalue weighted by molar-refractivity contribution is 0.508. The Hall–Kier alpha value is -1.80. The highest BCUT2D eigenvalue weighted by Gasteiger charge is 2.25. The van der Waals surface area contributed by atoms with Crippen LogP contribution < -0.4 is 0 Å². The molecular formula is C14H14N6S2. The van der Waals surface area contributed by atoms with Crippen LogP contribution in [0.15, 0.2) is 0 Å². The van der Waals surface area contributed by atoms with Crippen LogP contribution in [0.3, 0.4) is 0 Å². The number of H-pyrrole nitrogens is 1. The highest BCUT2D eigenvalue weighted by molar-refractivity contribution is 7.71. The van der Waals surface area contributed by atoms with Gasteiger partial charge in [0.25, 0.3) is 5.78 Å². The smallest absolute Gasteiger partial charge is 0.249 e. The summed E-state index contributed by atoms with van der Waals surface area (Å²) in [5, 5.41) is 13.0. The Bertz CT molecular complexity index is 1110. The number of nitrogens with zero attached hydrogens (tertiary/aromatic N) is 5. The summed E-state index contributed by atoms with van der Waals surface area (Å²) in [5.41, 5.74) is 2.33. The number of fused-ring (bicyclic) bond motifs is 8. The maximum absolute atomic E-state index is 5.44. The minimum absolute atomic E-state index is 0.613. The molecule has 0 fully saturated rings. The van der Waals surface area contributed by atoms with Crippen molar-refractivity contribution in [2.45, 2.75) is 33.1 Å². The van der Waals surface area contributed by atoms with Crippen molar-refractivity contribution in [3.63, 3.8) is 0 Å². The third-order valence-electron chi connectivity index (χ3n) is 4.47. The van der Waals surface area contributed by atoms with Crippen LogP contribution in [0.2, 0.25) is 0 Å². The minimum Gasteiger partial charge on any atom is -0.249 e. The van der Waals surface area contributed by atoms with Crippen LogP contribution in [-0.2, 0) is 12.8 Å². The van der Waals surface area contributed by atoms with E-state index in [1.54, 1.807) is 0 Å². The van der Waals surface area contributed by atoms with E-state index in [1.165, 1.54) is 22.2 Å². The fourth-order valence-corrected chi connectivity index (χ4v) is 5.08. The van der Waals surface area contributed by atoms with E-state index < -0.39 is 0 Å². The van der Waals surface area contributed by atoms with Crippen molar-refractivity contribution >= 4 is 45.2 Å². The number of hydrogen-bond donors (Lipinski definition) is 1.